The van der Waals surface area contributed by atoms with Crippen LogP contribution in [0.2, 0.25) is 0 Å². The monoisotopic (exact) mass is 397 g/mol. The molecule has 0 atom stereocenters. The van der Waals surface area contributed by atoms with Gasteiger partial charge in [-0.2, -0.15) is 4.99 Å². The molecule has 1 fully saturated rings. The van der Waals surface area contributed by atoms with E-state index in [0.717, 1.165) is 37.9 Å². The molecule has 1 saturated carbocycles. The third-order valence-electron chi connectivity index (χ3n) is 5.30. The fourth-order valence-electron chi connectivity index (χ4n) is 3.99. The van der Waals surface area contributed by atoms with Gasteiger partial charge in [0.05, 0.1) is 12.8 Å². The first-order chi connectivity index (χ1) is 14.0. The summed E-state index contributed by atoms with van der Waals surface area (Å²) in [7, 11) is 1.60. The third kappa shape index (κ3) is 3.70. The Bertz CT molecular complexity index is 952. The molecule has 1 spiro atoms. The second-order valence-electron chi connectivity index (χ2n) is 7.21. The van der Waals surface area contributed by atoms with Crippen LogP contribution >= 0.6 is 0 Å². The van der Waals surface area contributed by atoms with Gasteiger partial charge in [0, 0.05) is 6.07 Å². The maximum Gasteiger partial charge on any atom is 0.220 e. The molecule has 7 nitrogen and oxygen atoms in total. The second kappa shape index (κ2) is 7.62. The van der Waals surface area contributed by atoms with Gasteiger partial charge in [-0.1, -0.05) is 6.42 Å². The van der Waals surface area contributed by atoms with E-state index in [1.165, 1.54) is 12.1 Å². The molecule has 2 aliphatic rings. The van der Waals surface area contributed by atoms with Crippen LogP contribution in [0.25, 0.3) is 0 Å². The van der Waals surface area contributed by atoms with Crippen molar-refractivity contribution in [2.24, 2.45) is 21.5 Å². The summed E-state index contributed by atoms with van der Waals surface area (Å²) < 4.78 is 25.5. The summed E-state index contributed by atoms with van der Waals surface area (Å²) in [5.41, 5.74) is 12.0. The van der Waals surface area contributed by atoms with Gasteiger partial charge in [0.2, 0.25) is 11.9 Å². The number of guanidine groups is 2. The molecule has 0 amide bonds. The predicted molar refractivity (Wildman–Crippen MR) is 111 cm³/mol. The summed E-state index contributed by atoms with van der Waals surface area (Å²) in [6.07, 6.45) is 4.57. The topological polar surface area (TPSA) is 98.5 Å². The first-order valence-electron chi connectivity index (χ1n) is 9.62. The maximum absolute atomic E-state index is 14.3. The molecular weight excluding hydrogens is 373 g/mol. The highest BCUT2D eigenvalue weighted by Gasteiger charge is 2.43. The first kappa shape index (κ1) is 19.0. The van der Waals surface area contributed by atoms with Crippen LogP contribution in [0, 0.1) is 5.82 Å². The molecular formula is C21H24FN5O2. The van der Waals surface area contributed by atoms with E-state index in [1.807, 2.05) is 0 Å². The smallest absolute Gasteiger partial charge is 0.220 e. The van der Waals surface area contributed by atoms with E-state index < -0.39 is 11.5 Å². The lowest BCUT2D eigenvalue weighted by atomic mass is 9.87. The lowest BCUT2D eigenvalue weighted by Crippen LogP contribution is -2.58. The Morgan fingerprint density at radius 1 is 1.00 bits per heavy atom. The lowest BCUT2D eigenvalue weighted by Gasteiger charge is -2.45. The molecule has 0 saturated heterocycles. The number of halogens is 1. The zero-order valence-corrected chi connectivity index (χ0v) is 16.3. The summed E-state index contributed by atoms with van der Waals surface area (Å²) in [5, 5.41) is 0. The van der Waals surface area contributed by atoms with Crippen LogP contribution < -0.4 is 25.8 Å². The van der Waals surface area contributed by atoms with E-state index in [0.29, 0.717) is 17.2 Å². The molecule has 152 valence electrons. The highest BCUT2D eigenvalue weighted by atomic mass is 19.1. The van der Waals surface area contributed by atoms with Gasteiger partial charge in [0.15, 0.2) is 5.75 Å². The minimum absolute atomic E-state index is 0.148. The van der Waals surface area contributed by atoms with Crippen LogP contribution in [-0.2, 0) is 0 Å². The van der Waals surface area contributed by atoms with E-state index in [9.17, 15) is 4.39 Å². The minimum atomic E-state index is -0.681. The molecule has 29 heavy (non-hydrogen) atoms. The van der Waals surface area contributed by atoms with Crippen LogP contribution in [0.15, 0.2) is 52.4 Å². The number of nitrogens with two attached hydrogens (primary N) is 2. The number of aliphatic imine (C=N–C) groups is 2. The Morgan fingerprint density at radius 3 is 2.38 bits per heavy atom. The van der Waals surface area contributed by atoms with Crippen LogP contribution in [0.5, 0.6) is 17.2 Å². The number of anilines is 1. The zero-order chi connectivity index (χ0) is 20.4. The molecule has 0 unspecified atom stereocenters. The highest BCUT2D eigenvalue weighted by molar-refractivity contribution is 6.06. The minimum Gasteiger partial charge on any atom is -0.497 e. The number of hydrogen-bond acceptors (Lipinski definition) is 7. The lowest BCUT2D eigenvalue weighted by molar-refractivity contribution is 0.303. The van der Waals surface area contributed by atoms with Gasteiger partial charge in [-0.25, -0.2) is 9.38 Å². The summed E-state index contributed by atoms with van der Waals surface area (Å²) in [6.45, 7) is 0. The molecule has 1 aliphatic heterocycles. The van der Waals surface area contributed by atoms with Gasteiger partial charge in [-0.15, -0.1) is 0 Å². The fraction of sp³-hybridized carbons (Fsp3) is 0.333. The average Bonchev–Trinajstić information content (AvgIpc) is 2.70. The van der Waals surface area contributed by atoms with E-state index in [-0.39, 0.29) is 11.9 Å². The molecule has 2 aromatic carbocycles. The standard InChI is InChI=1S/C21H24FN5O2/c1-28-15-6-8-16(9-7-15)29-18-10-5-14(22)13-17(18)27-20(24)25-19(23)26-21(27)11-3-2-4-12-21/h5-10,13H,2-4,11-12H2,1H3,(H4,23,24,25,26). The number of rotatable bonds is 4. The average molecular weight is 397 g/mol. The highest BCUT2D eigenvalue weighted by Crippen LogP contribution is 2.43. The van der Waals surface area contributed by atoms with Crippen LogP contribution in [0.4, 0.5) is 10.1 Å². The van der Waals surface area contributed by atoms with Gasteiger partial charge in [-0.05, 0) is 62.1 Å². The third-order valence-corrected chi connectivity index (χ3v) is 5.30. The maximum atomic E-state index is 14.3. The largest absolute Gasteiger partial charge is 0.497 e. The Hall–Kier alpha value is -3.29. The normalized spacial score (nSPS) is 18.2. The van der Waals surface area contributed by atoms with Crippen LogP contribution in [-0.4, -0.2) is 24.7 Å². The summed E-state index contributed by atoms with van der Waals surface area (Å²) in [5.74, 6) is 1.69. The van der Waals surface area contributed by atoms with Crippen LogP contribution in [0.3, 0.4) is 0 Å². The Labute approximate surface area is 168 Å². The molecule has 2 aromatic rings. The molecule has 0 aromatic heterocycles. The van der Waals surface area contributed by atoms with Crippen molar-refractivity contribution in [1.29, 1.82) is 0 Å². The Kier molecular flexibility index (Phi) is 5.00. The SMILES string of the molecule is COc1ccc(Oc2ccc(F)cc2N2C(N)=NC(N)=NC23CCCCC3)cc1. The number of methoxy groups -OCH3 is 1. The fourth-order valence-corrected chi connectivity index (χ4v) is 3.99. The van der Waals surface area contributed by atoms with Crippen molar-refractivity contribution >= 4 is 17.6 Å². The molecule has 4 N–H and O–H groups in total. The van der Waals surface area contributed by atoms with Gasteiger partial charge < -0.3 is 20.9 Å². The number of nitrogens with zero attached hydrogens (tertiary/aromatic N) is 3. The summed E-state index contributed by atoms with van der Waals surface area (Å²) in [4.78, 5) is 10.6. The van der Waals surface area contributed by atoms with Crippen molar-refractivity contribution in [3.8, 4) is 17.2 Å². The van der Waals surface area contributed by atoms with Crippen molar-refractivity contribution in [3.05, 3.63) is 48.3 Å². The molecule has 0 radical (unpaired) electrons. The summed E-state index contributed by atoms with van der Waals surface area (Å²) in [6, 6.07) is 11.5. The van der Waals surface area contributed by atoms with Crippen molar-refractivity contribution in [2.45, 2.75) is 37.8 Å². The second-order valence-corrected chi connectivity index (χ2v) is 7.21. The van der Waals surface area contributed by atoms with Crippen molar-refractivity contribution in [3.63, 3.8) is 0 Å². The van der Waals surface area contributed by atoms with Crippen LogP contribution in [0.1, 0.15) is 32.1 Å². The number of benzene rings is 2. The van der Waals surface area contributed by atoms with E-state index in [4.69, 9.17) is 20.9 Å². The molecule has 8 heteroatoms. The van der Waals surface area contributed by atoms with Crippen molar-refractivity contribution in [1.82, 2.24) is 0 Å². The molecule has 4 rings (SSSR count). The van der Waals surface area contributed by atoms with Gasteiger partial charge >= 0.3 is 0 Å². The Balaban J connectivity index is 1.76. The van der Waals surface area contributed by atoms with Gasteiger partial charge in [-0.3, -0.25) is 4.90 Å². The zero-order valence-electron chi connectivity index (χ0n) is 16.3. The first-order valence-corrected chi connectivity index (χ1v) is 9.62. The van der Waals surface area contributed by atoms with Gasteiger partial charge in [0.1, 0.15) is 23.0 Å². The van der Waals surface area contributed by atoms with Gasteiger partial charge in [0.25, 0.3) is 0 Å². The van der Waals surface area contributed by atoms with E-state index in [1.54, 1.807) is 42.3 Å². The van der Waals surface area contributed by atoms with Crippen molar-refractivity contribution in [2.75, 3.05) is 12.0 Å². The molecule has 1 aliphatic carbocycles. The molecule has 1 heterocycles. The quantitative estimate of drug-likeness (QED) is 0.819. The molecule has 0 bridgehead atoms. The number of ether oxygens (including phenoxy) is 2. The van der Waals surface area contributed by atoms with E-state index >= 15 is 0 Å². The number of hydrogen-bond donors (Lipinski definition) is 2. The van der Waals surface area contributed by atoms with Crippen molar-refractivity contribution < 1.29 is 13.9 Å². The summed E-state index contributed by atoms with van der Waals surface area (Å²) >= 11 is 0. The van der Waals surface area contributed by atoms with E-state index in [2.05, 4.69) is 9.98 Å². The Morgan fingerprint density at radius 2 is 1.69 bits per heavy atom. The predicted octanol–water partition coefficient (Wildman–Crippen LogP) is 3.74.